The van der Waals surface area contributed by atoms with Crippen LogP contribution in [0.3, 0.4) is 0 Å². The molecule has 0 amide bonds. The number of hydrogen-bond acceptors (Lipinski definition) is 5. The van der Waals surface area contributed by atoms with Crippen molar-refractivity contribution in [2.24, 2.45) is 10.4 Å². The molecule has 1 aromatic rings. The van der Waals surface area contributed by atoms with Gasteiger partial charge in [0.1, 0.15) is 13.2 Å². The zero-order valence-corrected chi connectivity index (χ0v) is 21.5. The van der Waals surface area contributed by atoms with E-state index >= 15 is 0 Å². The van der Waals surface area contributed by atoms with Crippen LogP contribution in [0, 0.1) is 5.41 Å². The number of fused-ring (bicyclic) bond motifs is 1. The SMILES string of the molecule is CCNC(=NCC1(CCO)CCOC1)NCC1(c2ccc3c(c2)OCCO3)CCCC1.I. The zero-order chi connectivity index (χ0) is 21.6. The lowest BCUT2D eigenvalue weighted by Crippen LogP contribution is -2.45. The van der Waals surface area contributed by atoms with E-state index in [1.54, 1.807) is 0 Å². The van der Waals surface area contributed by atoms with Gasteiger partial charge in [-0.3, -0.25) is 4.99 Å². The lowest BCUT2D eigenvalue weighted by Gasteiger charge is -2.32. The topological polar surface area (TPSA) is 84.3 Å². The molecule has 0 spiro atoms. The number of ether oxygens (including phenoxy) is 3. The average molecular weight is 559 g/mol. The number of aliphatic hydroxyl groups is 1. The van der Waals surface area contributed by atoms with Gasteiger partial charge in [0, 0.05) is 37.1 Å². The summed E-state index contributed by atoms with van der Waals surface area (Å²) < 4.78 is 17.2. The van der Waals surface area contributed by atoms with Gasteiger partial charge in [-0.2, -0.15) is 0 Å². The summed E-state index contributed by atoms with van der Waals surface area (Å²) in [6.45, 7) is 7.24. The summed E-state index contributed by atoms with van der Waals surface area (Å²) in [5.74, 6) is 2.55. The van der Waals surface area contributed by atoms with Crippen molar-refractivity contribution in [1.29, 1.82) is 0 Å². The van der Waals surface area contributed by atoms with Gasteiger partial charge in [0.05, 0.1) is 13.2 Å². The van der Waals surface area contributed by atoms with Gasteiger partial charge in [0.25, 0.3) is 0 Å². The molecular weight excluding hydrogens is 521 g/mol. The van der Waals surface area contributed by atoms with E-state index in [4.69, 9.17) is 19.2 Å². The molecule has 8 heteroatoms. The molecule has 1 aromatic carbocycles. The molecule has 32 heavy (non-hydrogen) atoms. The molecule has 1 saturated carbocycles. The van der Waals surface area contributed by atoms with E-state index in [-0.39, 0.29) is 41.4 Å². The third kappa shape index (κ3) is 5.80. The van der Waals surface area contributed by atoms with Gasteiger partial charge in [-0.25, -0.2) is 0 Å². The van der Waals surface area contributed by atoms with E-state index in [0.717, 1.165) is 62.8 Å². The maximum atomic E-state index is 9.50. The summed E-state index contributed by atoms with van der Waals surface area (Å²) in [7, 11) is 0. The highest BCUT2D eigenvalue weighted by Crippen LogP contribution is 2.43. The number of aliphatic imine (C=N–C) groups is 1. The fourth-order valence-corrected chi connectivity index (χ4v) is 5.12. The summed E-state index contributed by atoms with van der Waals surface area (Å²) >= 11 is 0. The molecule has 1 saturated heterocycles. The highest BCUT2D eigenvalue weighted by molar-refractivity contribution is 14.0. The first-order valence-electron chi connectivity index (χ1n) is 11.8. The predicted octanol–water partition coefficient (Wildman–Crippen LogP) is 3.23. The Morgan fingerprint density at radius 2 is 1.84 bits per heavy atom. The Morgan fingerprint density at radius 3 is 2.53 bits per heavy atom. The molecule has 4 rings (SSSR count). The smallest absolute Gasteiger partial charge is 0.191 e. The van der Waals surface area contributed by atoms with Gasteiger partial charge >= 0.3 is 0 Å². The fourth-order valence-electron chi connectivity index (χ4n) is 5.12. The van der Waals surface area contributed by atoms with Crippen LogP contribution in [0.4, 0.5) is 0 Å². The first-order chi connectivity index (χ1) is 15.2. The van der Waals surface area contributed by atoms with Crippen molar-refractivity contribution in [2.75, 3.05) is 52.7 Å². The Bertz CT molecular complexity index is 762. The maximum Gasteiger partial charge on any atom is 0.191 e. The van der Waals surface area contributed by atoms with Gasteiger partial charge in [-0.15, -0.1) is 24.0 Å². The van der Waals surface area contributed by atoms with Crippen LogP contribution >= 0.6 is 24.0 Å². The van der Waals surface area contributed by atoms with Crippen LogP contribution in [0.2, 0.25) is 0 Å². The van der Waals surface area contributed by atoms with Crippen molar-refractivity contribution in [2.45, 2.75) is 50.9 Å². The molecule has 1 aliphatic carbocycles. The van der Waals surface area contributed by atoms with Gasteiger partial charge in [0.2, 0.25) is 0 Å². The van der Waals surface area contributed by atoms with Crippen molar-refractivity contribution in [3.8, 4) is 11.5 Å². The van der Waals surface area contributed by atoms with Gasteiger partial charge in [-0.1, -0.05) is 18.9 Å². The van der Waals surface area contributed by atoms with Crippen molar-refractivity contribution >= 4 is 29.9 Å². The molecule has 1 unspecified atom stereocenters. The molecular formula is C24H38IN3O4. The Kier molecular flexibility index (Phi) is 9.31. The Balaban J connectivity index is 0.00000289. The van der Waals surface area contributed by atoms with Crippen molar-refractivity contribution in [1.82, 2.24) is 10.6 Å². The highest BCUT2D eigenvalue weighted by Gasteiger charge is 2.37. The second kappa shape index (κ2) is 11.7. The van der Waals surface area contributed by atoms with Crippen LogP contribution in [0.15, 0.2) is 23.2 Å². The van der Waals surface area contributed by atoms with E-state index in [1.807, 2.05) is 0 Å². The van der Waals surface area contributed by atoms with E-state index in [2.05, 4.69) is 35.8 Å². The molecule has 0 bridgehead atoms. The van der Waals surface area contributed by atoms with Crippen LogP contribution in [0.1, 0.15) is 51.0 Å². The fraction of sp³-hybridized carbons (Fsp3) is 0.708. The van der Waals surface area contributed by atoms with Crippen LogP contribution in [0.5, 0.6) is 11.5 Å². The number of aliphatic hydroxyl groups excluding tert-OH is 1. The lowest BCUT2D eigenvalue weighted by molar-refractivity contribution is 0.131. The summed E-state index contributed by atoms with van der Waals surface area (Å²) in [5.41, 5.74) is 1.35. The minimum Gasteiger partial charge on any atom is -0.486 e. The van der Waals surface area contributed by atoms with Crippen molar-refractivity contribution in [3.63, 3.8) is 0 Å². The average Bonchev–Trinajstić information content (AvgIpc) is 3.47. The van der Waals surface area contributed by atoms with Crippen molar-refractivity contribution in [3.05, 3.63) is 23.8 Å². The quantitative estimate of drug-likeness (QED) is 0.258. The third-order valence-electron chi connectivity index (χ3n) is 7.05. The molecule has 180 valence electrons. The molecule has 2 aliphatic heterocycles. The van der Waals surface area contributed by atoms with E-state index in [9.17, 15) is 5.11 Å². The first kappa shape index (κ1) is 25.4. The second-order valence-corrected chi connectivity index (χ2v) is 9.17. The Labute approximate surface area is 208 Å². The molecule has 0 aromatic heterocycles. The van der Waals surface area contributed by atoms with Gasteiger partial charge in [-0.05, 0) is 50.3 Å². The van der Waals surface area contributed by atoms with Gasteiger partial charge in [0.15, 0.2) is 17.5 Å². The van der Waals surface area contributed by atoms with E-state index in [0.29, 0.717) is 26.4 Å². The van der Waals surface area contributed by atoms with Crippen molar-refractivity contribution < 1.29 is 19.3 Å². The normalized spacial score (nSPS) is 24.1. The third-order valence-corrected chi connectivity index (χ3v) is 7.05. The minimum absolute atomic E-state index is 0. The second-order valence-electron chi connectivity index (χ2n) is 9.17. The van der Waals surface area contributed by atoms with Crippen LogP contribution in [-0.2, 0) is 10.2 Å². The predicted molar refractivity (Wildman–Crippen MR) is 137 cm³/mol. The van der Waals surface area contributed by atoms with Crippen LogP contribution < -0.4 is 20.1 Å². The standard InChI is InChI=1S/C24H37N3O4.HI/c1-2-25-22(26-16-23(9-11-28)10-12-29-18-23)27-17-24(7-3-4-8-24)19-5-6-20-21(15-19)31-14-13-30-20;/h5-6,15,28H,2-4,7-14,16-18H2,1H3,(H2,25,26,27);1H. The number of rotatable bonds is 8. The summed E-state index contributed by atoms with van der Waals surface area (Å²) in [6.07, 6.45) is 6.47. The molecule has 3 N–H and O–H groups in total. The van der Waals surface area contributed by atoms with Crippen LogP contribution in [0.25, 0.3) is 0 Å². The number of halogens is 1. The Morgan fingerprint density at radius 1 is 1.06 bits per heavy atom. The molecule has 2 heterocycles. The zero-order valence-electron chi connectivity index (χ0n) is 19.2. The van der Waals surface area contributed by atoms with Gasteiger partial charge < -0.3 is 30.0 Å². The number of nitrogens with zero attached hydrogens (tertiary/aromatic N) is 1. The minimum atomic E-state index is -0.0437. The molecule has 3 aliphatic rings. The number of hydrogen-bond donors (Lipinski definition) is 3. The molecule has 7 nitrogen and oxygen atoms in total. The molecule has 2 fully saturated rings. The Hall–Kier alpha value is -1.26. The number of benzene rings is 1. The van der Waals surface area contributed by atoms with E-state index in [1.165, 1.54) is 18.4 Å². The van der Waals surface area contributed by atoms with E-state index < -0.39 is 0 Å². The molecule has 0 radical (unpaired) electrons. The largest absolute Gasteiger partial charge is 0.486 e. The monoisotopic (exact) mass is 559 g/mol. The summed E-state index contributed by atoms with van der Waals surface area (Å²) in [5, 5.41) is 16.5. The summed E-state index contributed by atoms with van der Waals surface area (Å²) in [6, 6.07) is 6.44. The number of guanidine groups is 1. The first-order valence-corrected chi connectivity index (χ1v) is 11.8. The van der Waals surface area contributed by atoms with Crippen LogP contribution in [-0.4, -0.2) is 63.7 Å². The summed E-state index contributed by atoms with van der Waals surface area (Å²) in [4.78, 5) is 4.90. The molecule has 1 atom stereocenters. The lowest BCUT2D eigenvalue weighted by atomic mass is 9.78. The maximum absolute atomic E-state index is 9.50. The number of nitrogens with one attached hydrogen (secondary N) is 2. The highest BCUT2D eigenvalue weighted by atomic mass is 127.